The Morgan fingerprint density at radius 2 is 2.18 bits per heavy atom. The van der Waals surface area contributed by atoms with Crippen LogP contribution in [0.2, 0.25) is 5.28 Å². The van der Waals surface area contributed by atoms with Crippen LogP contribution in [-0.2, 0) is 11.3 Å². The van der Waals surface area contributed by atoms with Gasteiger partial charge in [0.25, 0.3) is 0 Å². The minimum absolute atomic E-state index is 0.000657. The summed E-state index contributed by atoms with van der Waals surface area (Å²) in [5, 5.41) is 36.1. The van der Waals surface area contributed by atoms with Crippen molar-refractivity contribution in [2.24, 2.45) is 11.3 Å². The predicted molar refractivity (Wildman–Crippen MR) is 124 cm³/mol. The molecule has 2 aliphatic carbocycles. The number of imidazole rings is 1. The topological polar surface area (TPSA) is 145 Å². The zero-order valence-corrected chi connectivity index (χ0v) is 19.0. The fourth-order valence-corrected chi connectivity index (χ4v) is 5.27. The fourth-order valence-electron chi connectivity index (χ4n) is 5.10. The SMILES string of the molecule is CNC(=O)[C@@]12C[C@@H]1[C@H](n1cnc3c(NCc4cccc(C#CCO)c4)nc(Cl)nc31)[C@H](O)[C@@H]2O. The second kappa shape index (κ2) is 8.52. The van der Waals surface area contributed by atoms with E-state index >= 15 is 0 Å². The van der Waals surface area contributed by atoms with Gasteiger partial charge in [-0.1, -0.05) is 24.0 Å². The van der Waals surface area contributed by atoms with Gasteiger partial charge >= 0.3 is 0 Å². The third kappa shape index (κ3) is 3.49. The molecule has 2 saturated carbocycles. The Hall–Kier alpha value is -3.23. The molecule has 0 saturated heterocycles. The monoisotopic (exact) mass is 482 g/mol. The number of benzene rings is 1. The van der Waals surface area contributed by atoms with Crippen LogP contribution in [0.25, 0.3) is 11.2 Å². The molecule has 5 atom stereocenters. The Balaban J connectivity index is 1.44. The molecular formula is C23H23ClN6O4. The van der Waals surface area contributed by atoms with Crippen LogP contribution in [-0.4, -0.2) is 66.6 Å². The van der Waals surface area contributed by atoms with E-state index in [1.54, 1.807) is 4.57 Å². The maximum absolute atomic E-state index is 12.4. The fraction of sp³-hybridized carbons (Fsp3) is 0.391. The lowest BCUT2D eigenvalue weighted by atomic mass is 9.98. The maximum atomic E-state index is 12.4. The Labute approximate surface area is 200 Å². The largest absolute Gasteiger partial charge is 0.389 e. The van der Waals surface area contributed by atoms with Gasteiger partial charge in [0, 0.05) is 25.1 Å². The molecule has 0 bridgehead atoms. The number of anilines is 1. The van der Waals surface area contributed by atoms with Crippen LogP contribution in [0.4, 0.5) is 5.82 Å². The first-order valence-electron chi connectivity index (χ1n) is 10.8. The lowest BCUT2D eigenvalue weighted by Gasteiger charge is -2.23. The van der Waals surface area contributed by atoms with E-state index in [0.717, 1.165) is 11.1 Å². The van der Waals surface area contributed by atoms with Crippen LogP contribution in [0.15, 0.2) is 30.6 Å². The molecule has 10 nitrogen and oxygen atoms in total. The number of nitrogens with one attached hydrogen (secondary N) is 2. The summed E-state index contributed by atoms with van der Waals surface area (Å²) in [5.74, 6) is 5.39. The molecule has 1 aromatic carbocycles. The van der Waals surface area contributed by atoms with Crippen LogP contribution in [0.1, 0.15) is 23.6 Å². The maximum Gasteiger partial charge on any atom is 0.229 e. The van der Waals surface area contributed by atoms with E-state index < -0.39 is 23.7 Å². The molecule has 2 aliphatic rings. The molecule has 2 heterocycles. The summed E-state index contributed by atoms with van der Waals surface area (Å²) in [6.45, 7) is 0.206. The van der Waals surface area contributed by atoms with Crippen LogP contribution in [0, 0.1) is 23.2 Å². The minimum atomic E-state index is -1.18. The van der Waals surface area contributed by atoms with Crippen LogP contribution < -0.4 is 10.6 Å². The highest BCUT2D eigenvalue weighted by Gasteiger charge is 2.75. The first-order valence-corrected chi connectivity index (χ1v) is 11.2. The number of halogens is 1. The van der Waals surface area contributed by atoms with Crippen molar-refractivity contribution in [3.05, 3.63) is 47.0 Å². The van der Waals surface area contributed by atoms with Gasteiger partial charge in [0.05, 0.1) is 23.9 Å². The van der Waals surface area contributed by atoms with Crippen LogP contribution >= 0.6 is 11.6 Å². The number of rotatable bonds is 5. The van der Waals surface area contributed by atoms with Gasteiger partial charge in [-0.2, -0.15) is 9.97 Å². The van der Waals surface area contributed by atoms with Crippen molar-refractivity contribution in [2.75, 3.05) is 19.0 Å². The molecule has 3 aromatic rings. The van der Waals surface area contributed by atoms with Gasteiger partial charge in [-0.15, -0.1) is 0 Å². The molecule has 11 heteroatoms. The number of hydrogen-bond acceptors (Lipinski definition) is 8. The van der Waals surface area contributed by atoms with E-state index in [9.17, 15) is 15.0 Å². The lowest BCUT2D eigenvalue weighted by molar-refractivity contribution is -0.132. The Bertz CT molecular complexity index is 1330. The molecule has 0 aliphatic heterocycles. The summed E-state index contributed by atoms with van der Waals surface area (Å²) in [6.07, 6.45) is -0.336. The third-order valence-electron chi connectivity index (χ3n) is 6.74. The summed E-state index contributed by atoms with van der Waals surface area (Å²) < 4.78 is 1.68. The van der Waals surface area contributed by atoms with Crippen molar-refractivity contribution >= 4 is 34.5 Å². The van der Waals surface area contributed by atoms with Crippen molar-refractivity contribution < 1.29 is 20.1 Å². The molecule has 0 unspecified atom stereocenters. The molecule has 2 fully saturated rings. The standard InChI is InChI=1S/C23H23ClN6O4/c1-25-21(34)23-9-14(23)16(17(32)18(23)33)30-11-27-15-19(28-22(24)29-20(15)30)26-10-13-5-2-4-12(8-13)6-3-7-31/h2,4-5,8,11,14,16-18,31-33H,7,9-10H2,1H3,(H,25,34)(H,26,28,29)/t14-,16+,17+,18+,23+/m1/s1. The van der Waals surface area contributed by atoms with Gasteiger partial charge in [0.15, 0.2) is 17.0 Å². The number of carbonyl (C=O) groups is 1. The summed E-state index contributed by atoms with van der Waals surface area (Å²) in [4.78, 5) is 25.5. The van der Waals surface area contributed by atoms with Crippen molar-refractivity contribution in [1.29, 1.82) is 0 Å². The van der Waals surface area contributed by atoms with Gasteiger partial charge in [-0.3, -0.25) is 4.79 Å². The molecule has 34 heavy (non-hydrogen) atoms. The first-order chi connectivity index (χ1) is 16.4. The van der Waals surface area contributed by atoms with Crippen molar-refractivity contribution in [1.82, 2.24) is 24.8 Å². The Morgan fingerprint density at radius 3 is 2.94 bits per heavy atom. The van der Waals surface area contributed by atoms with E-state index in [1.165, 1.54) is 13.4 Å². The van der Waals surface area contributed by atoms with Crippen LogP contribution in [0.3, 0.4) is 0 Å². The van der Waals surface area contributed by atoms with E-state index in [1.807, 2.05) is 24.3 Å². The van der Waals surface area contributed by atoms with Crippen molar-refractivity contribution in [3.63, 3.8) is 0 Å². The lowest BCUT2D eigenvalue weighted by Crippen LogP contribution is -2.41. The number of fused-ring (bicyclic) bond motifs is 2. The molecular weight excluding hydrogens is 460 g/mol. The van der Waals surface area contributed by atoms with Gasteiger partial charge in [-0.05, 0) is 35.7 Å². The van der Waals surface area contributed by atoms with Gasteiger partial charge in [0.2, 0.25) is 11.2 Å². The number of aliphatic hydroxyl groups excluding tert-OH is 3. The minimum Gasteiger partial charge on any atom is -0.389 e. The highest BCUT2D eigenvalue weighted by atomic mass is 35.5. The average molecular weight is 483 g/mol. The second-order valence-electron chi connectivity index (χ2n) is 8.54. The summed E-state index contributed by atoms with van der Waals surface area (Å²) in [7, 11) is 1.52. The average Bonchev–Trinajstić information content (AvgIpc) is 3.38. The normalized spacial score (nSPS) is 27.1. The number of hydrogen-bond donors (Lipinski definition) is 5. The molecule has 5 rings (SSSR count). The van der Waals surface area contributed by atoms with E-state index in [-0.39, 0.29) is 23.7 Å². The molecule has 0 spiro atoms. The molecule has 5 N–H and O–H groups in total. The summed E-state index contributed by atoms with van der Waals surface area (Å²) in [5.41, 5.74) is 1.58. The number of carbonyl (C=O) groups excluding carboxylic acids is 1. The number of amides is 1. The molecule has 0 radical (unpaired) electrons. The number of aromatic nitrogens is 4. The Kier molecular flexibility index (Phi) is 5.65. The van der Waals surface area contributed by atoms with Crippen molar-refractivity contribution in [2.45, 2.75) is 31.2 Å². The number of aliphatic hydroxyl groups is 3. The molecule has 176 valence electrons. The zero-order valence-electron chi connectivity index (χ0n) is 18.2. The first kappa shape index (κ1) is 22.6. The van der Waals surface area contributed by atoms with Crippen molar-refractivity contribution in [3.8, 4) is 11.8 Å². The quantitative estimate of drug-likeness (QED) is 0.260. The van der Waals surface area contributed by atoms with E-state index in [4.69, 9.17) is 16.7 Å². The predicted octanol–water partition coefficient (Wildman–Crippen LogP) is 0.464. The van der Waals surface area contributed by atoms with E-state index in [0.29, 0.717) is 29.9 Å². The highest BCUT2D eigenvalue weighted by Crippen LogP contribution is 2.67. The third-order valence-corrected chi connectivity index (χ3v) is 6.91. The smallest absolute Gasteiger partial charge is 0.229 e. The van der Waals surface area contributed by atoms with Crippen LogP contribution in [0.5, 0.6) is 0 Å². The zero-order chi connectivity index (χ0) is 24.0. The Morgan fingerprint density at radius 1 is 1.35 bits per heavy atom. The second-order valence-corrected chi connectivity index (χ2v) is 8.87. The number of nitrogens with zero attached hydrogens (tertiary/aromatic N) is 4. The molecule has 1 amide bonds. The van der Waals surface area contributed by atoms with Gasteiger partial charge in [-0.25, -0.2) is 4.98 Å². The van der Waals surface area contributed by atoms with Gasteiger partial charge < -0.3 is 30.5 Å². The highest BCUT2D eigenvalue weighted by molar-refractivity contribution is 6.28. The summed E-state index contributed by atoms with van der Waals surface area (Å²) >= 11 is 6.21. The summed E-state index contributed by atoms with van der Waals surface area (Å²) in [6, 6.07) is 6.98. The van der Waals surface area contributed by atoms with Gasteiger partial charge in [0.1, 0.15) is 12.7 Å². The van der Waals surface area contributed by atoms with E-state index in [2.05, 4.69) is 37.4 Å². The molecule has 2 aromatic heterocycles.